The molecular weight excluding hydrogens is 262 g/mol. The highest BCUT2D eigenvalue weighted by Crippen LogP contribution is 2.20. The van der Waals surface area contributed by atoms with Crippen molar-refractivity contribution in [3.05, 3.63) is 59.9 Å². The zero-order valence-electron chi connectivity index (χ0n) is 12.4. The fourth-order valence-electron chi connectivity index (χ4n) is 2.14. The molecule has 0 unspecified atom stereocenters. The number of aryl methyl sites for hydroxylation is 2. The molecule has 2 heterocycles. The molecule has 0 radical (unpaired) electrons. The summed E-state index contributed by atoms with van der Waals surface area (Å²) in [6.45, 7) is 4.22. The van der Waals surface area contributed by atoms with Crippen LogP contribution in [-0.4, -0.2) is 21.9 Å². The molecule has 0 bridgehead atoms. The third-order valence-electron chi connectivity index (χ3n) is 3.59. The van der Waals surface area contributed by atoms with Gasteiger partial charge in [-0.25, -0.2) is 9.67 Å². The summed E-state index contributed by atoms with van der Waals surface area (Å²) in [7, 11) is 1.61. The van der Waals surface area contributed by atoms with Crippen LogP contribution < -0.4 is 4.74 Å². The van der Waals surface area contributed by atoms with Gasteiger partial charge in [0.25, 0.3) is 0 Å². The van der Waals surface area contributed by atoms with Crippen LogP contribution in [0.25, 0.3) is 16.9 Å². The van der Waals surface area contributed by atoms with Crippen molar-refractivity contribution in [1.29, 1.82) is 0 Å². The Hall–Kier alpha value is -2.62. The van der Waals surface area contributed by atoms with E-state index in [0.29, 0.717) is 5.88 Å². The number of nitrogens with zero attached hydrogens (tertiary/aromatic N) is 3. The fraction of sp³-hybridized carbons (Fsp3) is 0.176. The van der Waals surface area contributed by atoms with Crippen LogP contribution in [0, 0.1) is 13.8 Å². The highest BCUT2D eigenvalue weighted by atomic mass is 16.5. The molecule has 0 saturated heterocycles. The number of ether oxygens (including phenoxy) is 1. The molecule has 106 valence electrons. The number of benzene rings is 1. The molecule has 0 amide bonds. The topological polar surface area (TPSA) is 39.9 Å². The molecule has 0 aliphatic carbocycles. The van der Waals surface area contributed by atoms with Crippen molar-refractivity contribution in [2.75, 3.05) is 7.11 Å². The molecular formula is C17H17N3O. The van der Waals surface area contributed by atoms with Gasteiger partial charge >= 0.3 is 0 Å². The van der Waals surface area contributed by atoms with Crippen molar-refractivity contribution in [1.82, 2.24) is 14.8 Å². The van der Waals surface area contributed by atoms with E-state index in [0.717, 1.165) is 16.9 Å². The lowest BCUT2D eigenvalue weighted by atomic mass is 10.1. The number of aromatic nitrogens is 3. The number of hydrogen-bond acceptors (Lipinski definition) is 3. The van der Waals surface area contributed by atoms with Crippen molar-refractivity contribution >= 4 is 0 Å². The van der Waals surface area contributed by atoms with E-state index in [9.17, 15) is 0 Å². The lowest BCUT2D eigenvalue weighted by molar-refractivity contribution is 0.398. The average molecular weight is 279 g/mol. The molecule has 21 heavy (non-hydrogen) atoms. The average Bonchev–Trinajstić information content (AvgIpc) is 3.00. The second kappa shape index (κ2) is 5.40. The minimum absolute atomic E-state index is 0.604. The summed E-state index contributed by atoms with van der Waals surface area (Å²) >= 11 is 0. The van der Waals surface area contributed by atoms with E-state index in [2.05, 4.69) is 42.1 Å². The molecule has 4 nitrogen and oxygen atoms in total. The molecule has 0 aliphatic rings. The normalized spacial score (nSPS) is 10.6. The molecule has 0 fully saturated rings. The Kier molecular flexibility index (Phi) is 3.44. The summed E-state index contributed by atoms with van der Waals surface area (Å²) in [6, 6.07) is 12.1. The Morgan fingerprint density at radius 3 is 2.52 bits per heavy atom. The van der Waals surface area contributed by atoms with Gasteiger partial charge in [-0.3, -0.25) is 0 Å². The summed E-state index contributed by atoms with van der Waals surface area (Å²) in [5.41, 5.74) is 5.47. The predicted molar refractivity (Wildman–Crippen MR) is 82.8 cm³/mol. The number of methoxy groups -OCH3 is 1. The molecule has 0 saturated carbocycles. The highest BCUT2D eigenvalue weighted by molar-refractivity contribution is 5.58. The quantitative estimate of drug-likeness (QED) is 0.736. The van der Waals surface area contributed by atoms with Crippen molar-refractivity contribution in [3.63, 3.8) is 0 Å². The van der Waals surface area contributed by atoms with Crippen LogP contribution >= 0.6 is 0 Å². The molecule has 0 atom stereocenters. The van der Waals surface area contributed by atoms with Gasteiger partial charge in [0.05, 0.1) is 18.5 Å². The Morgan fingerprint density at radius 1 is 1.00 bits per heavy atom. The second-order valence-electron chi connectivity index (χ2n) is 5.00. The van der Waals surface area contributed by atoms with Crippen molar-refractivity contribution in [2.45, 2.75) is 13.8 Å². The molecule has 0 spiro atoms. The first-order chi connectivity index (χ1) is 10.2. The van der Waals surface area contributed by atoms with Gasteiger partial charge in [0, 0.05) is 24.0 Å². The van der Waals surface area contributed by atoms with Crippen LogP contribution in [-0.2, 0) is 0 Å². The SMILES string of the molecule is COc1ccc(-c2ccn(-c3ccc(C)c(C)c3)n2)cn1. The summed E-state index contributed by atoms with van der Waals surface area (Å²) in [5, 5.41) is 4.61. The van der Waals surface area contributed by atoms with E-state index in [1.807, 2.05) is 29.1 Å². The van der Waals surface area contributed by atoms with Gasteiger partial charge in [-0.15, -0.1) is 0 Å². The highest BCUT2D eigenvalue weighted by Gasteiger charge is 2.05. The Bertz CT molecular complexity index is 760. The first-order valence-electron chi connectivity index (χ1n) is 6.81. The standard InChI is InChI=1S/C17H17N3O/c1-12-4-6-15(10-13(12)2)20-9-8-16(19-20)14-5-7-17(21-3)18-11-14/h4-11H,1-3H3. The Labute approximate surface area is 124 Å². The van der Waals surface area contributed by atoms with Crippen molar-refractivity contribution < 1.29 is 4.74 Å². The van der Waals surface area contributed by atoms with E-state index in [4.69, 9.17) is 4.74 Å². The summed E-state index contributed by atoms with van der Waals surface area (Å²) < 4.78 is 6.95. The summed E-state index contributed by atoms with van der Waals surface area (Å²) in [5.74, 6) is 0.604. The van der Waals surface area contributed by atoms with E-state index in [-0.39, 0.29) is 0 Å². The van der Waals surface area contributed by atoms with Crippen LogP contribution in [0.4, 0.5) is 0 Å². The van der Waals surface area contributed by atoms with Crippen LogP contribution in [0.15, 0.2) is 48.8 Å². The zero-order valence-corrected chi connectivity index (χ0v) is 12.4. The molecule has 2 aromatic heterocycles. The largest absolute Gasteiger partial charge is 0.481 e. The maximum absolute atomic E-state index is 5.07. The Balaban J connectivity index is 1.93. The van der Waals surface area contributed by atoms with Gasteiger partial charge in [0.15, 0.2) is 0 Å². The van der Waals surface area contributed by atoms with E-state index >= 15 is 0 Å². The van der Waals surface area contributed by atoms with Crippen LogP contribution in [0.1, 0.15) is 11.1 Å². The molecule has 1 aromatic carbocycles. The van der Waals surface area contributed by atoms with E-state index < -0.39 is 0 Å². The smallest absolute Gasteiger partial charge is 0.212 e. The summed E-state index contributed by atoms with van der Waals surface area (Å²) in [6.07, 6.45) is 3.73. The van der Waals surface area contributed by atoms with Gasteiger partial charge in [-0.1, -0.05) is 6.07 Å². The summed E-state index contributed by atoms with van der Waals surface area (Å²) in [4.78, 5) is 4.21. The lowest BCUT2D eigenvalue weighted by Gasteiger charge is -2.05. The zero-order chi connectivity index (χ0) is 14.8. The van der Waals surface area contributed by atoms with Crippen molar-refractivity contribution in [2.24, 2.45) is 0 Å². The minimum Gasteiger partial charge on any atom is -0.481 e. The maximum atomic E-state index is 5.07. The Morgan fingerprint density at radius 2 is 1.86 bits per heavy atom. The van der Waals surface area contributed by atoms with Gasteiger partial charge < -0.3 is 4.74 Å². The third-order valence-corrected chi connectivity index (χ3v) is 3.59. The molecule has 3 aromatic rings. The van der Waals surface area contributed by atoms with Gasteiger partial charge in [-0.2, -0.15) is 5.10 Å². The third kappa shape index (κ3) is 2.65. The van der Waals surface area contributed by atoms with E-state index in [1.165, 1.54) is 11.1 Å². The fourth-order valence-corrected chi connectivity index (χ4v) is 2.14. The van der Waals surface area contributed by atoms with Gasteiger partial charge in [-0.05, 0) is 49.2 Å². The molecule has 3 rings (SSSR count). The molecule has 4 heteroatoms. The second-order valence-corrected chi connectivity index (χ2v) is 5.00. The van der Waals surface area contributed by atoms with Crippen LogP contribution in [0.2, 0.25) is 0 Å². The first-order valence-corrected chi connectivity index (χ1v) is 6.81. The number of rotatable bonds is 3. The maximum Gasteiger partial charge on any atom is 0.212 e. The van der Waals surface area contributed by atoms with Crippen molar-refractivity contribution in [3.8, 4) is 22.8 Å². The van der Waals surface area contributed by atoms with E-state index in [1.54, 1.807) is 13.3 Å². The first kappa shape index (κ1) is 13.4. The van der Waals surface area contributed by atoms with Gasteiger partial charge in [0.1, 0.15) is 0 Å². The molecule has 0 aliphatic heterocycles. The predicted octanol–water partition coefficient (Wildman–Crippen LogP) is 3.56. The number of pyridine rings is 1. The lowest BCUT2D eigenvalue weighted by Crippen LogP contribution is -1.96. The van der Waals surface area contributed by atoms with Crippen LogP contribution in [0.3, 0.4) is 0 Å². The van der Waals surface area contributed by atoms with Crippen LogP contribution in [0.5, 0.6) is 5.88 Å². The molecule has 0 N–H and O–H groups in total. The van der Waals surface area contributed by atoms with Gasteiger partial charge in [0.2, 0.25) is 5.88 Å². The number of hydrogen-bond donors (Lipinski definition) is 0. The minimum atomic E-state index is 0.604. The monoisotopic (exact) mass is 279 g/mol.